The Labute approximate surface area is 179 Å². The number of anilines is 1. The number of carbonyl (C=O) groups is 1. The van der Waals surface area contributed by atoms with E-state index in [0.717, 1.165) is 34.9 Å². The van der Waals surface area contributed by atoms with E-state index in [2.05, 4.69) is 15.5 Å². The highest BCUT2D eigenvalue weighted by molar-refractivity contribution is 8.01. The molecule has 0 atom stereocenters. The fourth-order valence-corrected chi connectivity index (χ4v) is 7.04. The third kappa shape index (κ3) is 4.50. The van der Waals surface area contributed by atoms with Crippen molar-refractivity contribution < 1.29 is 13.2 Å². The van der Waals surface area contributed by atoms with Gasteiger partial charge < -0.3 is 5.32 Å². The van der Waals surface area contributed by atoms with Gasteiger partial charge in [-0.3, -0.25) is 4.79 Å². The number of rotatable bonds is 6. The second-order valence-corrected chi connectivity index (χ2v) is 11.7. The molecule has 0 saturated carbocycles. The van der Waals surface area contributed by atoms with E-state index in [1.54, 1.807) is 17.8 Å². The fourth-order valence-electron chi connectivity index (χ4n) is 3.87. The van der Waals surface area contributed by atoms with Crippen LogP contribution in [0.15, 0.2) is 27.4 Å². The Kier molecular flexibility index (Phi) is 6.24. The number of hydrogen-bond donors (Lipinski definition) is 1. The number of aromatic nitrogens is 2. The van der Waals surface area contributed by atoms with Crippen molar-refractivity contribution in [3.63, 3.8) is 0 Å². The van der Waals surface area contributed by atoms with Gasteiger partial charge in [0.05, 0.1) is 4.90 Å². The van der Waals surface area contributed by atoms with Crippen LogP contribution in [0.3, 0.4) is 0 Å². The second kappa shape index (κ2) is 8.71. The van der Waals surface area contributed by atoms with Gasteiger partial charge in [-0.1, -0.05) is 36.1 Å². The van der Waals surface area contributed by atoms with Crippen molar-refractivity contribution in [2.45, 2.75) is 48.3 Å². The quantitative estimate of drug-likeness (QED) is 0.535. The van der Waals surface area contributed by atoms with Gasteiger partial charge in [0, 0.05) is 19.0 Å². The van der Waals surface area contributed by atoms with Gasteiger partial charge in [-0.25, -0.2) is 8.42 Å². The summed E-state index contributed by atoms with van der Waals surface area (Å²) >= 11 is 2.95. The van der Waals surface area contributed by atoms with E-state index in [4.69, 9.17) is 0 Å². The van der Waals surface area contributed by atoms with Crippen LogP contribution in [0.2, 0.25) is 0 Å². The summed E-state index contributed by atoms with van der Waals surface area (Å²) in [7, 11) is -3.52. The van der Waals surface area contributed by atoms with Crippen LogP contribution in [0.25, 0.3) is 0 Å². The molecule has 156 valence electrons. The maximum absolute atomic E-state index is 13.0. The van der Waals surface area contributed by atoms with E-state index in [0.29, 0.717) is 36.0 Å². The molecule has 10 heteroatoms. The zero-order valence-electron chi connectivity index (χ0n) is 16.3. The predicted octanol–water partition coefficient (Wildman–Crippen LogP) is 3.18. The van der Waals surface area contributed by atoms with Crippen LogP contribution in [-0.4, -0.2) is 47.7 Å². The van der Waals surface area contributed by atoms with Crippen LogP contribution in [0, 0.1) is 5.92 Å². The summed E-state index contributed by atoms with van der Waals surface area (Å²) in [5.74, 6) is 0.580. The highest BCUT2D eigenvalue weighted by atomic mass is 32.2. The lowest BCUT2D eigenvalue weighted by Gasteiger charge is -2.30. The van der Waals surface area contributed by atoms with Crippen LogP contribution in [0.5, 0.6) is 0 Å². The van der Waals surface area contributed by atoms with Gasteiger partial charge >= 0.3 is 0 Å². The second-order valence-electron chi connectivity index (χ2n) is 7.26. The Morgan fingerprint density at radius 2 is 2.00 bits per heavy atom. The summed E-state index contributed by atoms with van der Waals surface area (Å²) in [5, 5.41) is 11.4. The van der Waals surface area contributed by atoms with Crippen molar-refractivity contribution >= 4 is 44.2 Å². The van der Waals surface area contributed by atoms with E-state index in [1.807, 2.05) is 19.1 Å². The van der Waals surface area contributed by atoms with Crippen molar-refractivity contribution in [1.29, 1.82) is 0 Å². The summed E-state index contributed by atoms with van der Waals surface area (Å²) in [4.78, 5) is 12.9. The van der Waals surface area contributed by atoms with Crippen molar-refractivity contribution in [3.8, 4) is 0 Å². The smallest absolute Gasteiger partial charge is 0.243 e. The molecule has 1 saturated heterocycles. The molecule has 2 aromatic rings. The molecule has 0 radical (unpaired) electrons. The Hall–Kier alpha value is -1.49. The number of carbonyl (C=O) groups excluding carboxylic acids is 1. The molecule has 1 amide bonds. The fraction of sp³-hybridized carbons (Fsp3) is 0.526. The zero-order valence-corrected chi connectivity index (χ0v) is 18.7. The summed E-state index contributed by atoms with van der Waals surface area (Å²) in [5.41, 5.74) is 2.41. The monoisotopic (exact) mass is 452 g/mol. The minimum absolute atomic E-state index is 0.108. The van der Waals surface area contributed by atoms with Crippen molar-refractivity contribution in [2.75, 3.05) is 24.2 Å². The topological polar surface area (TPSA) is 92.3 Å². The number of fused-ring (bicyclic) bond motifs is 1. The van der Waals surface area contributed by atoms with Gasteiger partial charge in [-0.15, -0.1) is 10.2 Å². The lowest BCUT2D eigenvalue weighted by Crippen LogP contribution is -2.41. The van der Waals surface area contributed by atoms with E-state index in [-0.39, 0.29) is 11.8 Å². The van der Waals surface area contributed by atoms with Gasteiger partial charge in [0.15, 0.2) is 4.34 Å². The Balaban J connectivity index is 1.36. The predicted molar refractivity (Wildman–Crippen MR) is 115 cm³/mol. The molecule has 0 unspecified atom stereocenters. The average Bonchev–Trinajstić information content (AvgIpc) is 3.37. The zero-order chi connectivity index (χ0) is 20.4. The average molecular weight is 453 g/mol. The molecule has 1 aromatic heterocycles. The Morgan fingerprint density at radius 3 is 2.76 bits per heavy atom. The van der Waals surface area contributed by atoms with Crippen LogP contribution in [-0.2, 0) is 27.7 Å². The number of amides is 1. The van der Waals surface area contributed by atoms with Crippen LogP contribution < -0.4 is 5.32 Å². The first-order valence-corrected chi connectivity index (χ1v) is 13.1. The third-order valence-electron chi connectivity index (χ3n) is 5.44. The van der Waals surface area contributed by atoms with E-state index >= 15 is 0 Å². The number of piperidine rings is 1. The van der Waals surface area contributed by atoms with Gasteiger partial charge in [0.2, 0.25) is 21.1 Å². The molecule has 0 spiro atoms. The minimum Gasteiger partial charge on any atom is -0.300 e. The number of nitrogens with zero attached hydrogens (tertiary/aromatic N) is 3. The molecule has 1 aromatic carbocycles. The first-order valence-electron chi connectivity index (χ1n) is 9.86. The van der Waals surface area contributed by atoms with Gasteiger partial charge in [-0.05, 0) is 61.1 Å². The lowest BCUT2D eigenvalue weighted by atomic mass is 9.97. The molecule has 1 N–H and O–H groups in total. The van der Waals surface area contributed by atoms with Gasteiger partial charge in [0.1, 0.15) is 0 Å². The van der Waals surface area contributed by atoms with Crippen molar-refractivity contribution in [3.05, 3.63) is 29.3 Å². The first-order chi connectivity index (χ1) is 14.0. The number of aryl methyl sites for hydroxylation is 2. The van der Waals surface area contributed by atoms with E-state index in [9.17, 15) is 13.2 Å². The molecular weight excluding hydrogens is 428 g/mol. The largest absolute Gasteiger partial charge is 0.300 e. The van der Waals surface area contributed by atoms with Gasteiger partial charge in [0.25, 0.3) is 0 Å². The maximum atomic E-state index is 13.0. The number of thioether (sulfide) groups is 1. The van der Waals surface area contributed by atoms with Gasteiger partial charge in [-0.2, -0.15) is 4.31 Å². The Morgan fingerprint density at radius 1 is 1.24 bits per heavy atom. The SMILES string of the molecule is CCSc1nnc(NC(=O)C2CCN(S(=O)(=O)c3ccc4c(c3)CCC4)CC2)s1. The standard InChI is InChI=1S/C19H24N4O3S3/c1-2-27-19-22-21-18(28-19)20-17(24)14-8-10-23(11-9-14)29(25,26)16-7-6-13-4-3-5-15(13)12-16/h6-7,12,14H,2-5,8-11H2,1H3,(H,20,21,24). The lowest BCUT2D eigenvalue weighted by molar-refractivity contribution is -0.120. The molecule has 1 aliphatic carbocycles. The van der Waals surface area contributed by atoms with Crippen molar-refractivity contribution in [1.82, 2.24) is 14.5 Å². The number of hydrogen-bond acceptors (Lipinski definition) is 7. The van der Waals surface area contributed by atoms with Crippen molar-refractivity contribution in [2.24, 2.45) is 5.92 Å². The third-order valence-corrected chi connectivity index (χ3v) is 9.19. The number of nitrogens with one attached hydrogen (secondary N) is 1. The molecule has 2 aliphatic rings. The Bertz CT molecular complexity index is 998. The molecular formula is C19H24N4O3S3. The van der Waals surface area contributed by atoms with E-state index in [1.165, 1.54) is 21.2 Å². The summed E-state index contributed by atoms with van der Waals surface area (Å²) in [6.45, 7) is 2.74. The molecule has 7 nitrogen and oxygen atoms in total. The van der Waals surface area contributed by atoms with E-state index < -0.39 is 10.0 Å². The maximum Gasteiger partial charge on any atom is 0.243 e. The first kappa shape index (κ1) is 20.8. The summed E-state index contributed by atoms with van der Waals surface area (Å²) in [6, 6.07) is 5.50. The molecule has 1 aliphatic heterocycles. The number of benzene rings is 1. The molecule has 29 heavy (non-hydrogen) atoms. The number of sulfonamides is 1. The minimum atomic E-state index is -3.52. The molecule has 0 bridgehead atoms. The van der Waals surface area contributed by atoms with Crippen LogP contribution in [0.4, 0.5) is 5.13 Å². The molecule has 4 rings (SSSR count). The highest BCUT2D eigenvalue weighted by Gasteiger charge is 2.33. The van der Waals surface area contributed by atoms with Crippen LogP contribution in [0.1, 0.15) is 37.3 Å². The summed E-state index contributed by atoms with van der Waals surface area (Å²) < 4.78 is 28.4. The normalized spacial score (nSPS) is 18.0. The summed E-state index contributed by atoms with van der Waals surface area (Å²) in [6.07, 6.45) is 4.08. The molecule has 1 fully saturated rings. The highest BCUT2D eigenvalue weighted by Crippen LogP contribution is 2.30. The molecule has 2 heterocycles. The van der Waals surface area contributed by atoms with Crippen LogP contribution >= 0.6 is 23.1 Å².